The molecule has 344 valence electrons. The van der Waals surface area contributed by atoms with Crippen LogP contribution in [0.4, 0.5) is 64.4 Å². The Labute approximate surface area is 366 Å². The van der Waals surface area contributed by atoms with Crippen molar-refractivity contribution in [2.75, 3.05) is 85.6 Å². The summed E-state index contributed by atoms with van der Waals surface area (Å²) in [5.41, 5.74) is 4.23. The number of nitrogens with two attached hydrogens (primary N) is 1. The number of carbonyl (C=O) groups excluding carboxylic acids is 3. The highest BCUT2D eigenvalue weighted by Crippen LogP contribution is 2.42. The molecule has 4 aromatic rings. The van der Waals surface area contributed by atoms with Crippen molar-refractivity contribution in [2.45, 2.75) is 58.0 Å². The van der Waals surface area contributed by atoms with E-state index in [1.807, 2.05) is 4.90 Å². The number of amides is 4. The molecule has 0 aliphatic carbocycles. The molecule has 3 aromatic carbocycles. The number of rotatable bonds is 11. The van der Waals surface area contributed by atoms with Crippen molar-refractivity contribution in [1.29, 1.82) is 0 Å². The zero-order valence-electron chi connectivity index (χ0n) is 35.8. The third-order valence-electron chi connectivity index (χ3n) is 10.6. The topological polar surface area (TPSA) is 166 Å². The third-order valence-corrected chi connectivity index (χ3v) is 10.6. The highest BCUT2D eigenvalue weighted by molar-refractivity contribution is 6.02. The summed E-state index contributed by atoms with van der Waals surface area (Å²) in [7, 11) is 1.47. The lowest BCUT2D eigenvalue weighted by Crippen LogP contribution is -2.50. The van der Waals surface area contributed by atoms with E-state index < -0.39 is 47.1 Å². The number of benzene rings is 3. The van der Waals surface area contributed by atoms with Gasteiger partial charge in [0.2, 0.25) is 0 Å². The molecular weight excluding hydrogens is 849 g/mol. The molecule has 0 radical (unpaired) electrons. The number of piperazine rings is 2. The van der Waals surface area contributed by atoms with Gasteiger partial charge in [-0.3, -0.25) is 9.78 Å². The lowest BCUT2D eigenvalue weighted by Gasteiger charge is -2.37. The number of pyridine rings is 1. The molecule has 0 saturated carbocycles. The average Bonchev–Trinajstić information content (AvgIpc) is 3.24. The first-order valence-corrected chi connectivity index (χ1v) is 20.7. The van der Waals surface area contributed by atoms with E-state index in [4.69, 9.17) is 15.2 Å². The van der Waals surface area contributed by atoms with Crippen LogP contribution in [0.5, 0.6) is 11.5 Å². The number of aromatic nitrogens is 1. The number of aryl methyl sites for hydroxylation is 1. The van der Waals surface area contributed by atoms with Gasteiger partial charge in [-0.1, -0.05) is 0 Å². The molecule has 4 amide bonds. The number of carbonyl (C=O) groups is 3. The van der Waals surface area contributed by atoms with Crippen LogP contribution in [0.3, 0.4) is 0 Å². The first-order chi connectivity index (χ1) is 30.2. The van der Waals surface area contributed by atoms with Crippen LogP contribution >= 0.6 is 0 Å². The Balaban J connectivity index is 1.19. The van der Waals surface area contributed by atoms with Crippen molar-refractivity contribution in [3.8, 4) is 11.5 Å². The second-order valence-corrected chi connectivity index (χ2v) is 16.3. The molecule has 0 bridgehead atoms. The fraction of sp³-hybridized carbons (Fsp3) is 0.409. The Morgan fingerprint density at radius 1 is 0.766 bits per heavy atom. The Morgan fingerprint density at radius 3 is 2.05 bits per heavy atom. The predicted octanol–water partition coefficient (Wildman–Crippen LogP) is 8.14. The van der Waals surface area contributed by atoms with Crippen LogP contribution in [-0.4, -0.2) is 92.9 Å². The van der Waals surface area contributed by atoms with Crippen LogP contribution in [0.15, 0.2) is 66.9 Å². The van der Waals surface area contributed by atoms with Gasteiger partial charge in [-0.25, -0.2) is 9.59 Å². The number of nitrogens with zero attached hydrogens (tertiary/aromatic N) is 4. The van der Waals surface area contributed by atoms with Gasteiger partial charge in [-0.05, 0) is 106 Å². The second kappa shape index (κ2) is 19.5. The van der Waals surface area contributed by atoms with E-state index in [0.29, 0.717) is 54.7 Å². The highest BCUT2D eigenvalue weighted by atomic mass is 19.4. The summed E-state index contributed by atoms with van der Waals surface area (Å²) in [6.45, 7) is 8.13. The number of halogens is 6. The third kappa shape index (κ3) is 12.0. The molecule has 6 rings (SSSR count). The number of nitrogens with one attached hydrogen (secondary N) is 4. The van der Waals surface area contributed by atoms with Crippen molar-refractivity contribution in [3.05, 3.63) is 94.8 Å². The number of alkyl halides is 6. The molecule has 14 nitrogen and oxygen atoms in total. The Bertz CT molecular complexity index is 2310. The van der Waals surface area contributed by atoms with E-state index >= 15 is 0 Å². The maximum Gasteiger partial charge on any atom is 0.416 e. The largest absolute Gasteiger partial charge is 0.457 e. The molecule has 2 fully saturated rings. The van der Waals surface area contributed by atoms with Crippen LogP contribution in [0.25, 0.3) is 0 Å². The van der Waals surface area contributed by atoms with Gasteiger partial charge in [0.05, 0.1) is 33.9 Å². The molecule has 3 heterocycles. The van der Waals surface area contributed by atoms with Crippen LogP contribution < -0.4 is 41.5 Å². The van der Waals surface area contributed by atoms with Gasteiger partial charge in [0.25, 0.3) is 5.91 Å². The van der Waals surface area contributed by atoms with E-state index in [-0.39, 0.29) is 73.6 Å². The van der Waals surface area contributed by atoms with Gasteiger partial charge in [0.1, 0.15) is 22.8 Å². The lowest BCUT2D eigenvalue weighted by molar-refractivity contribution is -0.138. The molecule has 0 atom stereocenters. The number of hydrogen-bond donors (Lipinski definition) is 5. The summed E-state index contributed by atoms with van der Waals surface area (Å²) in [5, 5.41) is 10.9. The smallest absolute Gasteiger partial charge is 0.416 e. The Morgan fingerprint density at radius 2 is 1.42 bits per heavy atom. The fourth-order valence-corrected chi connectivity index (χ4v) is 7.50. The van der Waals surface area contributed by atoms with E-state index in [1.165, 1.54) is 48.5 Å². The molecule has 2 aliphatic heterocycles. The molecular formula is C44H51F6N9O5. The standard InChI is InChI=1S/C44H51F6N9O5/c1-42(2,3)64-41(62)59-22-20-58(21-23-59)36-13-12-32(43(45,46)47)31(38(36)51)7-5-6-27-24-37(57-18-16-53-17-19-57)34(26-33(27)44(48,49)50)56-40(61)55-28-8-10-29(11-9-28)63-30-14-15-54-35(25-30)39(60)52-4/h8-15,24-26,53H,5-7,16-23,51H2,1-4H3,(H,52,60)(H2,55,56,61). The summed E-state index contributed by atoms with van der Waals surface area (Å²) < 4.78 is 98.9. The zero-order chi connectivity index (χ0) is 46.4. The van der Waals surface area contributed by atoms with Crippen molar-refractivity contribution in [2.24, 2.45) is 0 Å². The van der Waals surface area contributed by atoms with Crippen molar-refractivity contribution in [3.63, 3.8) is 0 Å². The first-order valence-electron chi connectivity index (χ1n) is 20.7. The van der Waals surface area contributed by atoms with Crippen LogP contribution in [-0.2, 0) is 29.9 Å². The monoisotopic (exact) mass is 899 g/mol. The number of anilines is 5. The van der Waals surface area contributed by atoms with Gasteiger partial charge >= 0.3 is 24.5 Å². The van der Waals surface area contributed by atoms with Crippen LogP contribution in [0.1, 0.15) is 59.9 Å². The van der Waals surface area contributed by atoms with Gasteiger partial charge < -0.3 is 51.2 Å². The highest BCUT2D eigenvalue weighted by Gasteiger charge is 2.37. The summed E-state index contributed by atoms with van der Waals surface area (Å²) >= 11 is 0. The minimum Gasteiger partial charge on any atom is -0.457 e. The minimum absolute atomic E-state index is 0.108. The van der Waals surface area contributed by atoms with E-state index in [1.54, 1.807) is 43.9 Å². The number of hydrogen-bond acceptors (Lipinski definition) is 10. The van der Waals surface area contributed by atoms with Gasteiger partial charge in [-0.2, -0.15) is 26.3 Å². The quantitative estimate of drug-likeness (QED) is 0.0733. The molecule has 2 saturated heterocycles. The molecule has 64 heavy (non-hydrogen) atoms. The van der Waals surface area contributed by atoms with E-state index in [9.17, 15) is 40.7 Å². The first kappa shape index (κ1) is 47.0. The fourth-order valence-electron chi connectivity index (χ4n) is 7.50. The predicted molar refractivity (Wildman–Crippen MR) is 231 cm³/mol. The second-order valence-electron chi connectivity index (χ2n) is 16.3. The maximum atomic E-state index is 14.8. The molecule has 1 aromatic heterocycles. The van der Waals surface area contributed by atoms with E-state index in [0.717, 1.165) is 12.1 Å². The van der Waals surface area contributed by atoms with Gasteiger partial charge in [0, 0.05) is 77.4 Å². The minimum atomic E-state index is -4.88. The zero-order valence-corrected chi connectivity index (χ0v) is 35.8. The lowest BCUT2D eigenvalue weighted by atomic mass is 9.94. The molecule has 6 N–H and O–H groups in total. The summed E-state index contributed by atoms with van der Waals surface area (Å²) in [6.07, 6.45) is -9.40. The van der Waals surface area contributed by atoms with Gasteiger partial charge in [-0.15, -0.1) is 0 Å². The van der Waals surface area contributed by atoms with Gasteiger partial charge in [0.15, 0.2) is 0 Å². The molecule has 20 heteroatoms. The SMILES string of the molecule is CNC(=O)c1cc(Oc2ccc(NC(=O)Nc3cc(C(F)(F)F)c(CCCc4c(C(F)(F)F)ccc(N5CCN(C(=O)OC(C)(C)C)CC5)c4N)cc3N3CCNCC3)cc2)ccn1. The number of urea groups is 1. The number of nitrogen functional groups attached to an aromatic ring is 1. The number of ether oxygens (including phenoxy) is 2. The molecule has 0 spiro atoms. The molecule has 0 unspecified atom stereocenters. The van der Waals surface area contributed by atoms with Crippen LogP contribution in [0.2, 0.25) is 0 Å². The molecule has 2 aliphatic rings. The average molecular weight is 900 g/mol. The van der Waals surface area contributed by atoms with Crippen molar-refractivity contribution < 1.29 is 50.2 Å². The summed E-state index contributed by atoms with van der Waals surface area (Å²) in [6, 6.07) is 12.8. The van der Waals surface area contributed by atoms with Crippen molar-refractivity contribution in [1.82, 2.24) is 20.5 Å². The Hall–Kier alpha value is -6.44. The van der Waals surface area contributed by atoms with Crippen LogP contribution in [0, 0.1) is 0 Å². The van der Waals surface area contributed by atoms with Crippen molar-refractivity contribution >= 4 is 46.5 Å². The Kier molecular flexibility index (Phi) is 14.4. The normalized spacial score (nSPS) is 14.8. The van der Waals surface area contributed by atoms with E-state index in [2.05, 4.69) is 26.3 Å². The maximum absolute atomic E-state index is 14.8. The summed E-state index contributed by atoms with van der Waals surface area (Å²) in [4.78, 5) is 47.0. The summed E-state index contributed by atoms with van der Waals surface area (Å²) in [5.74, 6) is 0.306.